The number of amides is 2. The minimum atomic E-state index is -5.08. The van der Waals surface area contributed by atoms with E-state index in [0.29, 0.717) is 18.0 Å². The molecule has 1 atom stereocenters. The van der Waals surface area contributed by atoms with Crippen LogP contribution in [0.1, 0.15) is 12.8 Å². The van der Waals surface area contributed by atoms with Crippen molar-refractivity contribution in [3.63, 3.8) is 0 Å². The highest BCUT2D eigenvalue weighted by atomic mass is 19.4. The third-order valence-corrected chi connectivity index (χ3v) is 5.09. The highest BCUT2D eigenvalue weighted by Gasteiger charge is 2.38. The summed E-state index contributed by atoms with van der Waals surface area (Å²) in [4.78, 5) is 27.8. The fourth-order valence-electron chi connectivity index (χ4n) is 3.46. The molecule has 1 fully saturated rings. The van der Waals surface area contributed by atoms with Crippen molar-refractivity contribution < 1.29 is 32.6 Å². The lowest BCUT2D eigenvalue weighted by Gasteiger charge is -2.24. The summed E-state index contributed by atoms with van der Waals surface area (Å²) in [5.41, 5.74) is 7.30. The predicted molar refractivity (Wildman–Crippen MR) is 120 cm³/mol. The van der Waals surface area contributed by atoms with Crippen molar-refractivity contribution in [1.82, 2.24) is 9.88 Å². The van der Waals surface area contributed by atoms with Crippen LogP contribution in [0.25, 0.3) is 10.9 Å². The number of para-hydroxylation sites is 1. The molecular weight excluding hydrogens is 453 g/mol. The van der Waals surface area contributed by atoms with Crippen molar-refractivity contribution in [1.29, 1.82) is 0 Å². The Morgan fingerprint density at radius 3 is 2.50 bits per heavy atom. The fourth-order valence-corrected chi connectivity index (χ4v) is 3.46. The standard InChI is InChI=1S/C21H22N4O2.C2HF3O2/c22-14-15-5-4-12-25(15)21(26)24-20-10-11-23-19-9-8-17(13-18(19)20)27-16-6-2-1-3-7-16;3-2(4,5)1(6)7/h1-3,6-11,13,15H,4-5,12,14,22H2,(H,23,24,26);(H,6,7). The Labute approximate surface area is 193 Å². The van der Waals surface area contributed by atoms with Gasteiger partial charge in [0.1, 0.15) is 11.5 Å². The number of likely N-dealkylation sites (tertiary alicyclic amines) is 1. The zero-order valence-electron chi connectivity index (χ0n) is 18.0. The first kappa shape index (κ1) is 24.8. The van der Waals surface area contributed by atoms with E-state index in [-0.39, 0.29) is 12.1 Å². The van der Waals surface area contributed by atoms with E-state index in [2.05, 4.69) is 10.3 Å². The topological polar surface area (TPSA) is 118 Å². The summed E-state index contributed by atoms with van der Waals surface area (Å²) in [5, 5.41) is 11.0. The van der Waals surface area contributed by atoms with Crippen molar-refractivity contribution in [2.45, 2.75) is 25.1 Å². The smallest absolute Gasteiger partial charge is 0.475 e. The van der Waals surface area contributed by atoms with Gasteiger partial charge in [-0.1, -0.05) is 18.2 Å². The maximum Gasteiger partial charge on any atom is 0.490 e. The maximum absolute atomic E-state index is 12.7. The Morgan fingerprint density at radius 1 is 1.15 bits per heavy atom. The number of benzene rings is 2. The molecule has 1 saturated heterocycles. The Hall–Kier alpha value is -3.86. The molecule has 1 aromatic heterocycles. The molecule has 1 unspecified atom stereocenters. The molecule has 2 heterocycles. The van der Waals surface area contributed by atoms with Gasteiger partial charge in [0.2, 0.25) is 0 Å². The van der Waals surface area contributed by atoms with E-state index in [1.165, 1.54) is 0 Å². The van der Waals surface area contributed by atoms with Crippen LogP contribution in [-0.4, -0.2) is 52.3 Å². The first-order valence-electron chi connectivity index (χ1n) is 10.4. The van der Waals surface area contributed by atoms with Gasteiger partial charge in [0, 0.05) is 30.7 Å². The SMILES string of the molecule is NCC1CCCN1C(=O)Nc1ccnc2ccc(Oc3ccccc3)cc12.O=C(O)C(F)(F)F. The Kier molecular flexibility index (Phi) is 7.90. The van der Waals surface area contributed by atoms with Crippen molar-refractivity contribution in [2.24, 2.45) is 5.73 Å². The number of hydrogen-bond donors (Lipinski definition) is 3. The Balaban J connectivity index is 0.000000406. The van der Waals surface area contributed by atoms with Crippen LogP contribution in [-0.2, 0) is 4.79 Å². The number of aliphatic carboxylic acids is 1. The second kappa shape index (κ2) is 10.8. The van der Waals surface area contributed by atoms with E-state index in [4.69, 9.17) is 20.4 Å². The van der Waals surface area contributed by atoms with Crippen molar-refractivity contribution in [2.75, 3.05) is 18.4 Å². The summed E-state index contributed by atoms with van der Waals surface area (Å²) >= 11 is 0. The number of nitrogens with zero attached hydrogens (tertiary/aromatic N) is 2. The Morgan fingerprint density at radius 2 is 1.85 bits per heavy atom. The number of nitrogens with two attached hydrogens (primary N) is 1. The molecule has 0 spiro atoms. The summed E-state index contributed by atoms with van der Waals surface area (Å²) < 4.78 is 37.6. The number of fused-ring (bicyclic) bond motifs is 1. The number of anilines is 1. The lowest BCUT2D eigenvalue weighted by molar-refractivity contribution is -0.192. The van der Waals surface area contributed by atoms with Gasteiger partial charge in [-0.3, -0.25) is 4.98 Å². The zero-order chi connectivity index (χ0) is 24.7. The number of carbonyl (C=O) groups excluding carboxylic acids is 1. The number of aromatic nitrogens is 1. The van der Waals surface area contributed by atoms with Crippen LogP contribution < -0.4 is 15.8 Å². The van der Waals surface area contributed by atoms with E-state index in [0.717, 1.165) is 36.0 Å². The summed E-state index contributed by atoms with van der Waals surface area (Å²) in [6.07, 6.45) is -1.45. The van der Waals surface area contributed by atoms with Crippen LogP contribution in [0.5, 0.6) is 11.5 Å². The van der Waals surface area contributed by atoms with E-state index in [1.54, 1.807) is 12.3 Å². The second-order valence-corrected chi connectivity index (χ2v) is 7.41. The van der Waals surface area contributed by atoms with Gasteiger partial charge in [0.05, 0.1) is 11.2 Å². The third kappa shape index (κ3) is 6.35. The largest absolute Gasteiger partial charge is 0.490 e. The van der Waals surface area contributed by atoms with Gasteiger partial charge in [0.25, 0.3) is 0 Å². The van der Waals surface area contributed by atoms with E-state index >= 15 is 0 Å². The Bertz CT molecular complexity index is 1140. The summed E-state index contributed by atoms with van der Waals surface area (Å²) in [7, 11) is 0. The first-order valence-corrected chi connectivity index (χ1v) is 10.4. The van der Waals surface area contributed by atoms with Crippen molar-refractivity contribution in [3.8, 4) is 11.5 Å². The minimum Gasteiger partial charge on any atom is -0.475 e. The molecule has 1 aliphatic rings. The monoisotopic (exact) mass is 476 g/mol. The number of alkyl halides is 3. The number of nitrogens with one attached hydrogen (secondary N) is 1. The molecule has 0 radical (unpaired) electrons. The summed E-state index contributed by atoms with van der Waals surface area (Å²) in [6.45, 7) is 1.22. The normalized spacial score (nSPS) is 15.4. The molecular formula is C23H23F3N4O4. The molecule has 0 bridgehead atoms. The van der Waals surface area contributed by atoms with E-state index in [9.17, 15) is 18.0 Å². The molecule has 3 aromatic rings. The highest BCUT2D eigenvalue weighted by molar-refractivity contribution is 6.00. The number of urea groups is 1. The van der Waals surface area contributed by atoms with Gasteiger partial charge in [-0.05, 0) is 49.2 Å². The molecule has 1 aliphatic heterocycles. The number of carboxylic acids is 1. The first-order chi connectivity index (χ1) is 16.2. The zero-order valence-corrected chi connectivity index (χ0v) is 18.0. The van der Waals surface area contributed by atoms with Crippen LogP contribution in [0.15, 0.2) is 60.8 Å². The fraction of sp³-hybridized carbons (Fsp3) is 0.261. The molecule has 4 rings (SSSR count). The molecule has 2 aromatic carbocycles. The number of hydrogen-bond acceptors (Lipinski definition) is 5. The predicted octanol–water partition coefficient (Wildman–Crippen LogP) is 4.62. The average Bonchev–Trinajstić information content (AvgIpc) is 3.29. The van der Waals surface area contributed by atoms with Crippen LogP contribution in [0, 0.1) is 0 Å². The minimum absolute atomic E-state index is 0.107. The van der Waals surface area contributed by atoms with E-state index in [1.807, 2.05) is 53.4 Å². The van der Waals surface area contributed by atoms with Crippen LogP contribution in [0.3, 0.4) is 0 Å². The number of ether oxygens (including phenoxy) is 1. The number of pyridine rings is 1. The van der Waals surface area contributed by atoms with Crippen molar-refractivity contribution >= 4 is 28.6 Å². The highest BCUT2D eigenvalue weighted by Crippen LogP contribution is 2.29. The lowest BCUT2D eigenvalue weighted by atomic mass is 10.1. The van der Waals surface area contributed by atoms with E-state index < -0.39 is 12.1 Å². The molecule has 2 amide bonds. The van der Waals surface area contributed by atoms with Gasteiger partial charge >= 0.3 is 18.2 Å². The molecule has 34 heavy (non-hydrogen) atoms. The maximum atomic E-state index is 12.7. The van der Waals surface area contributed by atoms with Gasteiger partial charge in [0.15, 0.2) is 0 Å². The third-order valence-electron chi connectivity index (χ3n) is 5.09. The summed E-state index contributed by atoms with van der Waals surface area (Å²) in [6, 6.07) is 17.0. The number of halogens is 3. The average molecular weight is 476 g/mol. The molecule has 0 aliphatic carbocycles. The van der Waals surface area contributed by atoms with Gasteiger partial charge < -0.3 is 25.8 Å². The van der Waals surface area contributed by atoms with Gasteiger partial charge in [-0.25, -0.2) is 9.59 Å². The van der Waals surface area contributed by atoms with Crippen LogP contribution in [0.2, 0.25) is 0 Å². The summed E-state index contributed by atoms with van der Waals surface area (Å²) in [5.74, 6) is -1.31. The van der Waals surface area contributed by atoms with Gasteiger partial charge in [-0.15, -0.1) is 0 Å². The van der Waals surface area contributed by atoms with Crippen molar-refractivity contribution in [3.05, 3.63) is 60.8 Å². The number of rotatable bonds is 4. The molecule has 4 N–H and O–H groups in total. The molecule has 8 nitrogen and oxygen atoms in total. The van der Waals surface area contributed by atoms with Crippen LogP contribution in [0.4, 0.5) is 23.7 Å². The van der Waals surface area contributed by atoms with Crippen LogP contribution >= 0.6 is 0 Å². The number of carboxylic acid groups (broad SMARTS) is 1. The lowest BCUT2D eigenvalue weighted by Crippen LogP contribution is -2.42. The molecule has 180 valence electrons. The quantitative estimate of drug-likeness (QED) is 0.506. The molecule has 0 saturated carbocycles. The second-order valence-electron chi connectivity index (χ2n) is 7.41. The van der Waals surface area contributed by atoms with Gasteiger partial charge in [-0.2, -0.15) is 13.2 Å². The number of carbonyl (C=O) groups is 2. The molecule has 11 heteroatoms.